The van der Waals surface area contributed by atoms with Gasteiger partial charge in [0.2, 0.25) is 0 Å². The van der Waals surface area contributed by atoms with Crippen molar-refractivity contribution in [2.45, 2.75) is 19.8 Å². The van der Waals surface area contributed by atoms with Crippen LogP contribution in [0.5, 0.6) is 11.5 Å². The van der Waals surface area contributed by atoms with E-state index in [2.05, 4.69) is 23.3 Å². The maximum absolute atomic E-state index is 11.9. The summed E-state index contributed by atoms with van der Waals surface area (Å²) in [5.74, 6) is 1.33. The van der Waals surface area contributed by atoms with Crippen LogP contribution in [0.1, 0.15) is 18.9 Å². The molecule has 1 amide bonds. The molecular weight excluding hydrogens is 328 g/mol. The molecule has 5 heteroatoms. The van der Waals surface area contributed by atoms with Crippen LogP contribution in [0.3, 0.4) is 0 Å². The van der Waals surface area contributed by atoms with Crippen molar-refractivity contribution in [1.82, 2.24) is 10.3 Å². The summed E-state index contributed by atoms with van der Waals surface area (Å²) < 4.78 is 11.0. The first-order chi connectivity index (χ1) is 12.8. The van der Waals surface area contributed by atoms with E-state index in [0.717, 1.165) is 24.1 Å². The van der Waals surface area contributed by atoms with E-state index < -0.39 is 0 Å². The van der Waals surface area contributed by atoms with Crippen LogP contribution >= 0.6 is 0 Å². The van der Waals surface area contributed by atoms with Crippen molar-refractivity contribution in [3.8, 4) is 11.5 Å². The molecule has 3 rings (SSSR count). The van der Waals surface area contributed by atoms with Gasteiger partial charge in [0.15, 0.2) is 6.61 Å². The van der Waals surface area contributed by atoms with Crippen molar-refractivity contribution in [2.75, 3.05) is 19.8 Å². The number of hydrogen-bond donors (Lipinski definition) is 2. The second-order valence-corrected chi connectivity index (χ2v) is 6.07. The van der Waals surface area contributed by atoms with Crippen LogP contribution in [-0.4, -0.2) is 30.6 Å². The van der Waals surface area contributed by atoms with E-state index in [1.165, 1.54) is 10.9 Å². The van der Waals surface area contributed by atoms with Crippen LogP contribution in [0.4, 0.5) is 0 Å². The Kier molecular flexibility index (Phi) is 6.14. The number of fused-ring (bicyclic) bond motifs is 1. The Hall–Kier alpha value is -2.95. The number of ether oxygens (including phenoxy) is 2. The molecule has 0 fully saturated rings. The molecule has 3 aromatic rings. The molecule has 0 spiro atoms. The molecule has 2 aromatic carbocycles. The van der Waals surface area contributed by atoms with Crippen LogP contribution in [-0.2, 0) is 11.2 Å². The largest absolute Gasteiger partial charge is 0.494 e. The average molecular weight is 352 g/mol. The summed E-state index contributed by atoms with van der Waals surface area (Å²) in [6.45, 7) is 3.34. The lowest BCUT2D eigenvalue weighted by Gasteiger charge is -2.09. The highest BCUT2D eigenvalue weighted by Gasteiger charge is 2.05. The molecule has 0 saturated carbocycles. The fourth-order valence-electron chi connectivity index (χ4n) is 2.73. The molecule has 136 valence electrons. The number of hydrogen-bond acceptors (Lipinski definition) is 3. The molecule has 0 aliphatic heterocycles. The predicted octanol–water partition coefficient (Wildman–Crippen LogP) is 3.69. The molecular formula is C21H24N2O3. The quantitative estimate of drug-likeness (QED) is 0.617. The van der Waals surface area contributed by atoms with Gasteiger partial charge in [-0.1, -0.05) is 25.1 Å². The summed E-state index contributed by atoms with van der Waals surface area (Å²) in [6.07, 6.45) is 3.74. The molecule has 5 nitrogen and oxygen atoms in total. The van der Waals surface area contributed by atoms with Crippen LogP contribution in [0.25, 0.3) is 10.9 Å². The van der Waals surface area contributed by atoms with E-state index in [1.54, 1.807) is 0 Å². The van der Waals surface area contributed by atoms with Gasteiger partial charge >= 0.3 is 0 Å². The van der Waals surface area contributed by atoms with Gasteiger partial charge in [-0.05, 0) is 48.7 Å². The SMILES string of the molecule is CCCOc1ccc(OCC(=O)NCCc2c[nH]c3ccccc23)cc1. The van der Waals surface area contributed by atoms with Gasteiger partial charge in [0.05, 0.1) is 6.61 Å². The zero-order chi connectivity index (χ0) is 18.2. The molecule has 26 heavy (non-hydrogen) atoms. The molecule has 2 N–H and O–H groups in total. The maximum atomic E-state index is 11.9. The smallest absolute Gasteiger partial charge is 0.257 e. The van der Waals surface area contributed by atoms with Crippen LogP contribution in [0, 0.1) is 0 Å². The van der Waals surface area contributed by atoms with Gasteiger partial charge in [0.1, 0.15) is 11.5 Å². The minimum atomic E-state index is -0.129. The van der Waals surface area contributed by atoms with E-state index in [-0.39, 0.29) is 12.5 Å². The first-order valence-corrected chi connectivity index (χ1v) is 8.93. The third kappa shape index (κ3) is 4.79. The molecule has 0 aliphatic rings. The number of nitrogens with one attached hydrogen (secondary N) is 2. The Balaban J connectivity index is 1.40. The molecule has 0 aliphatic carbocycles. The highest BCUT2D eigenvalue weighted by atomic mass is 16.5. The number of aromatic nitrogens is 1. The predicted molar refractivity (Wildman–Crippen MR) is 103 cm³/mol. The molecule has 0 atom stereocenters. The van der Waals surface area contributed by atoms with Crippen molar-refractivity contribution in [3.05, 3.63) is 60.3 Å². The number of amides is 1. The van der Waals surface area contributed by atoms with Gasteiger partial charge in [-0.25, -0.2) is 0 Å². The molecule has 0 radical (unpaired) electrons. The fourth-order valence-corrected chi connectivity index (χ4v) is 2.73. The van der Waals surface area contributed by atoms with Gasteiger partial charge in [-0.2, -0.15) is 0 Å². The number of aromatic amines is 1. The van der Waals surface area contributed by atoms with Crippen LogP contribution in [0.2, 0.25) is 0 Å². The number of benzene rings is 2. The second-order valence-electron chi connectivity index (χ2n) is 6.07. The number of H-pyrrole nitrogens is 1. The normalized spacial score (nSPS) is 10.7. The van der Waals surface area contributed by atoms with Crippen LogP contribution in [0.15, 0.2) is 54.7 Å². The van der Waals surface area contributed by atoms with E-state index >= 15 is 0 Å². The Morgan fingerprint density at radius 1 is 1.04 bits per heavy atom. The lowest BCUT2D eigenvalue weighted by Crippen LogP contribution is -2.30. The Labute approximate surface area is 153 Å². The first-order valence-electron chi connectivity index (χ1n) is 8.93. The third-order valence-electron chi connectivity index (χ3n) is 4.06. The monoisotopic (exact) mass is 352 g/mol. The standard InChI is InChI=1S/C21H24N2O3/c1-2-13-25-17-7-9-18(10-8-17)26-15-21(24)22-12-11-16-14-23-20-6-4-3-5-19(16)20/h3-10,14,23H,2,11-13,15H2,1H3,(H,22,24). The van der Waals surface area contributed by atoms with Gasteiger partial charge in [-0.3, -0.25) is 4.79 Å². The summed E-state index contributed by atoms with van der Waals surface area (Å²) in [4.78, 5) is 15.2. The number of para-hydroxylation sites is 1. The van der Waals surface area contributed by atoms with Crippen molar-refractivity contribution in [2.24, 2.45) is 0 Å². The van der Waals surface area contributed by atoms with Gasteiger partial charge in [0, 0.05) is 23.6 Å². The number of carbonyl (C=O) groups excluding carboxylic acids is 1. The Morgan fingerprint density at radius 3 is 2.54 bits per heavy atom. The number of carbonyl (C=O) groups is 1. The highest BCUT2D eigenvalue weighted by Crippen LogP contribution is 2.18. The van der Waals surface area contributed by atoms with E-state index in [0.29, 0.717) is 18.9 Å². The van der Waals surface area contributed by atoms with E-state index in [9.17, 15) is 4.79 Å². The molecule has 0 unspecified atom stereocenters. The van der Waals surface area contributed by atoms with Crippen molar-refractivity contribution < 1.29 is 14.3 Å². The fraction of sp³-hybridized carbons (Fsp3) is 0.286. The summed E-state index contributed by atoms with van der Waals surface area (Å²) >= 11 is 0. The van der Waals surface area contributed by atoms with Crippen LogP contribution < -0.4 is 14.8 Å². The zero-order valence-electron chi connectivity index (χ0n) is 15.0. The van der Waals surface area contributed by atoms with Gasteiger partial charge in [0.25, 0.3) is 5.91 Å². The number of rotatable bonds is 9. The minimum Gasteiger partial charge on any atom is -0.494 e. The lowest BCUT2D eigenvalue weighted by molar-refractivity contribution is -0.123. The van der Waals surface area contributed by atoms with E-state index in [1.807, 2.05) is 48.7 Å². The van der Waals surface area contributed by atoms with Gasteiger partial charge in [-0.15, -0.1) is 0 Å². The van der Waals surface area contributed by atoms with Crippen molar-refractivity contribution in [1.29, 1.82) is 0 Å². The molecule has 1 heterocycles. The van der Waals surface area contributed by atoms with Crippen molar-refractivity contribution in [3.63, 3.8) is 0 Å². The van der Waals surface area contributed by atoms with Gasteiger partial charge < -0.3 is 19.8 Å². The summed E-state index contributed by atoms with van der Waals surface area (Å²) in [6, 6.07) is 15.5. The van der Waals surface area contributed by atoms with Crippen molar-refractivity contribution >= 4 is 16.8 Å². The molecule has 0 saturated heterocycles. The summed E-state index contributed by atoms with van der Waals surface area (Å²) in [7, 11) is 0. The lowest BCUT2D eigenvalue weighted by atomic mass is 10.1. The highest BCUT2D eigenvalue weighted by molar-refractivity contribution is 5.83. The maximum Gasteiger partial charge on any atom is 0.257 e. The summed E-state index contributed by atoms with van der Waals surface area (Å²) in [5, 5.41) is 4.09. The first kappa shape index (κ1) is 17.9. The Morgan fingerprint density at radius 2 is 1.77 bits per heavy atom. The average Bonchev–Trinajstić information content (AvgIpc) is 3.09. The molecule has 1 aromatic heterocycles. The second kappa shape index (κ2) is 8.94. The third-order valence-corrected chi connectivity index (χ3v) is 4.06. The Bertz CT molecular complexity index is 840. The molecule has 0 bridgehead atoms. The zero-order valence-corrected chi connectivity index (χ0v) is 15.0. The topological polar surface area (TPSA) is 63.4 Å². The summed E-state index contributed by atoms with van der Waals surface area (Å²) in [5.41, 5.74) is 2.31. The van der Waals surface area contributed by atoms with E-state index in [4.69, 9.17) is 9.47 Å². The minimum absolute atomic E-state index is 0.00302.